The first-order chi connectivity index (χ1) is 10.3. The zero-order valence-electron chi connectivity index (χ0n) is 11.6. The molecule has 21 heavy (non-hydrogen) atoms. The summed E-state index contributed by atoms with van der Waals surface area (Å²) >= 11 is 0. The summed E-state index contributed by atoms with van der Waals surface area (Å²) in [5.41, 5.74) is -0.00171. The van der Waals surface area contributed by atoms with Crippen LogP contribution in [0.2, 0.25) is 0 Å². The quantitative estimate of drug-likeness (QED) is 0.930. The van der Waals surface area contributed by atoms with E-state index in [1.807, 2.05) is 66.7 Å². The van der Waals surface area contributed by atoms with Crippen molar-refractivity contribution in [2.75, 3.05) is 0 Å². The third-order valence-electron chi connectivity index (χ3n) is 3.59. The molecule has 2 atom stereocenters. The fourth-order valence-electron chi connectivity index (χ4n) is 2.45. The van der Waals surface area contributed by atoms with Crippen molar-refractivity contribution in [2.24, 2.45) is 4.99 Å². The van der Waals surface area contributed by atoms with Gasteiger partial charge < -0.3 is 9.84 Å². The smallest absolute Gasteiger partial charge is 0.164 e. The van der Waals surface area contributed by atoms with E-state index in [-0.39, 0.29) is 0 Å². The van der Waals surface area contributed by atoms with Crippen LogP contribution in [0.3, 0.4) is 0 Å². The molecular weight excluding hydrogens is 262 g/mol. The normalized spacial score (nSPS) is 22.0. The highest BCUT2D eigenvalue weighted by Crippen LogP contribution is 2.35. The molecule has 3 nitrogen and oxygen atoms in total. The molecule has 0 aliphatic carbocycles. The van der Waals surface area contributed by atoms with Gasteiger partial charge >= 0.3 is 0 Å². The van der Waals surface area contributed by atoms with Gasteiger partial charge in [-0.1, -0.05) is 48.5 Å². The highest BCUT2D eigenvalue weighted by molar-refractivity contribution is 5.63. The highest BCUT2D eigenvalue weighted by Gasteiger charge is 2.39. The molecule has 1 heterocycles. The van der Waals surface area contributed by atoms with Gasteiger partial charge in [0.2, 0.25) is 0 Å². The summed E-state index contributed by atoms with van der Waals surface area (Å²) < 4.78 is 6.13. The maximum Gasteiger partial charge on any atom is 0.164 e. The van der Waals surface area contributed by atoms with Gasteiger partial charge in [0.05, 0.1) is 0 Å². The first-order valence-electron chi connectivity index (χ1n) is 6.97. The summed E-state index contributed by atoms with van der Waals surface area (Å²) in [7, 11) is 0. The summed E-state index contributed by atoms with van der Waals surface area (Å²) in [5.74, 6) is 0.729. The number of hydrogen-bond acceptors (Lipinski definition) is 3. The van der Waals surface area contributed by atoms with Crippen LogP contribution in [0.4, 0.5) is 0 Å². The van der Waals surface area contributed by atoms with Crippen molar-refractivity contribution in [1.82, 2.24) is 0 Å². The highest BCUT2D eigenvalue weighted by atomic mass is 16.5. The predicted octanol–water partition coefficient (Wildman–Crippen LogP) is 3.53. The van der Waals surface area contributed by atoms with Crippen LogP contribution in [0, 0.1) is 0 Å². The summed E-state index contributed by atoms with van der Waals surface area (Å²) in [6, 6.07) is 19.1. The molecule has 1 aliphatic heterocycles. The standard InChI is InChI=1S/C18H17NO2/c20-17(15-7-3-1-4-8-15)18(11-13-19-14-12-18)21-16-9-5-2-6-10-16/h1-11,13-14,17,20H,12H2. The van der Waals surface area contributed by atoms with Crippen molar-refractivity contribution < 1.29 is 9.84 Å². The number of nitrogens with zero attached hydrogens (tertiary/aromatic N) is 1. The molecule has 3 heteroatoms. The van der Waals surface area contributed by atoms with Crippen LogP contribution >= 0.6 is 0 Å². The van der Waals surface area contributed by atoms with Gasteiger partial charge in [0.15, 0.2) is 5.60 Å². The molecule has 0 radical (unpaired) electrons. The van der Waals surface area contributed by atoms with Crippen LogP contribution in [0.15, 0.2) is 77.9 Å². The topological polar surface area (TPSA) is 41.8 Å². The maximum atomic E-state index is 10.8. The monoisotopic (exact) mass is 279 g/mol. The van der Waals surface area contributed by atoms with Crippen LogP contribution in [0.5, 0.6) is 5.75 Å². The molecule has 2 aromatic carbocycles. The van der Waals surface area contributed by atoms with Crippen LogP contribution in [0.1, 0.15) is 18.1 Å². The van der Waals surface area contributed by atoms with Crippen LogP contribution in [-0.4, -0.2) is 16.9 Å². The molecule has 2 aromatic rings. The second-order valence-corrected chi connectivity index (χ2v) is 5.03. The van der Waals surface area contributed by atoms with Crippen molar-refractivity contribution in [2.45, 2.75) is 18.1 Å². The fourth-order valence-corrected chi connectivity index (χ4v) is 2.45. The van der Waals surface area contributed by atoms with E-state index in [0.717, 1.165) is 11.3 Å². The average Bonchev–Trinajstić information content (AvgIpc) is 2.57. The van der Waals surface area contributed by atoms with Gasteiger partial charge in [-0.3, -0.25) is 4.99 Å². The average molecular weight is 279 g/mol. The Labute approximate surface area is 124 Å². The molecule has 3 rings (SSSR count). The molecule has 0 bridgehead atoms. The van der Waals surface area contributed by atoms with Gasteiger partial charge in [0, 0.05) is 18.8 Å². The van der Waals surface area contributed by atoms with Crippen LogP contribution in [0.25, 0.3) is 0 Å². The van der Waals surface area contributed by atoms with Gasteiger partial charge in [-0.15, -0.1) is 0 Å². The number of ether oxygens (including phenoxy) is 1. The van der Waals surface area contributed by atoms with Crippen LogP contribution < -0.4 is 4.74 Å². The van der Waals surface area contributed by atoms with E-state index in [2.05, 4.69) is 4.99 Å². The number of para-hydroxylation sites is 1. The Bertz CT molecular complexity index is 637. The molecule has 0 amide bonds. The predicted molar refractivity (Wildman–Crippen MR) is 83.5 cm³/mol. The first kappa shape index (κ1) is 13.6. The summed E-state index contributed by atoms with van der Waals surface area (Å²) in [6.07, 6.45) is 5.04. The Hall–Kier alpha value is -2.39. The molecule has 1 N–H and O–H groups in total. The molecule has 2 unspecified atom stereocenters. The molecular formula is C18H17NO2. The van der Waals surface area contributed by atoms with E-state index in [4.69, 9.17) is 4.74 Å². The number of rotatable bonds is 4. The summed E-state index contributed by atoms with van der Waals surface area (Å²) in [6.45, 7) is 0. The zero-order chi connectivity index (χ0) is 14.5. The van der Waals surface area contributed by atoms with Gasteiger partial charge in [-0.05, 0) is 23.8 Å². The SMILES string of the molecule is OC(c1ccccc1)C1(Oc2ccccc2)C=CN=CC1. The Morgan fingerprint density at radius 2 is 1.67 bits per heavy atom. The van der Waals surface area contributed by atoms with Gasteiger partial charge in [-0.25, -0.2) is 0 Å². The fraction of sp³-hybridized carbons (Fsp3) is 0.167. The van der Waals surface area contributed by atoms with Gasteiger partial charge in [-0.2, -0.15) is 0 Å². The van der Waals surface area contributed by atoms with Crippen molar-refractivity contribution in [1.29, 1.82) is 0 Å². The lowest BCUT2D eigenvalue weighted by molar-refractivity contribution is -0.0172. The molecule has 0 saturated carbocycles. The Morgan fingerprint density at radius 1 is 1.00 bits per heavy atom. The van der Waals surface area contributed by atoms with Crippen molar-refractivity contribution in [3.05, 3.63) is 78.5 Å². The van der Waals surface area contributed by atoms with E-state index in [9.17, 15) is 5.11 Å². The minimum Gasteiger partial charge on any atom is -0.480 e. The van der Waals surface area contributed by atoms with E-state index < -0.39 is 11.7 Å². The largest absolute Gasteiger partial charge is 0.480 e. The second kappa shape index (κ2) is 5.94. The first-order valence-corrected chi connectivity index (χ1v) is 6.97. The number of hydrogen-bond donors (Lipinski definition) is 1. The third kappa shape index (κ3) is 2.88. The van der Waals surface area contributed by atoms with Gasteiger partial charge in [0.25, 0.3) is 0 Å². The van der Waals surface area contributed by atoms with E-state index in [0.29, 0.717) is 6.42 Å². The van der Waals surface area contributed by atoms with Gasteiger partial charge in [0.1, 0.15) is 11.9 Å². The number of aliphatic hydroxyl groups is 1. The molecule has 0 aromatic heterocycles. The third-order valence-corrected chi connectivity index (χ3v) is 3.59. The molecule has 106 valence electrons. The zero-order valence-corrected chi connectivity index (χ0v) is 11.6. The lowest BCUT2D eigenvalue weighted by atomic mass is 9.87. The molecule has 0 spiro atoms. The van der Waals surface area contributed by atoms with Crippen molar-refractivity contribution in [3.63, 3.8) is 0 Å². The number of aliphatic hydroxyl groups excluding tert-OH is 1. The molecule has 1 aliphatic rings. The number of benzene rings is 2. The minimum atomic E-state index is -0.829. The Kier molecular flexibility index (Phi) is 3.84. The lowest BCUT2D eigenvalue weighted by Gasteiger charge is -2.36. The van der Waals surface area contributed by atoms with E-state index in [1.165, 1.54) is 0 Å². The van der Waals surface area contributed by atoms with Crippen molar-refractivity contribution in [3.8, 4) is 5.75 Å². The minimum absolute atomic E-state index is 0.522. The molecule has 0 saturated heterocycles. The van der Waals surface area contributed by atoms with E-state index >= 15 is 0 Å². The van der Waals surface area contributed by atoms with Crippen molar-refractivity contribution >= 4 is 6.21 Å². The summed E-state index contributed by atoms with van der Waals surface area (Å²) in [4.78, 5) is 4.09. The van der Waals surface area contributed by atoms with E-state index in [1.54, 1.807) is 12.4 Å². The second-order valence-electron chi connectivity index (χ2n) is 5.03. The lowest BCUT2D eigenvalue weighted by Crippen LogP contribution is -2.42. The Morgan fingerprint density at radius 3 is 2.29 bits per heavy atom. The summed E-state index contributed by atoms with van der Waals surface area (Å²) in [5, 5.41) is 10.8. The maximum absolute atomic E-state index is 10.8. The molecule has 0 fully saturated rings. The van der Waals surface area contributed by atoms with Crippen LogP contribution in [-0.2, 0) is 0 Å². The number of aliphatic imine (C=N–C) groups is 1. The Balaban J connectivity index is 1.94.